The summed E-state index contributed by atoms with van der Waals surface area (Å²) in [6.07, 6.45) is 5.06. The SMILES string of the molecule is Cc1cc(C)n2nc(C(=O)OCC(=O)Nc3sc4c(c3C#N)CCCCC4)nc2n1. The van der Waals surface area contributed by atoms with Crippen molar-refractivity contribution >= 4 is 34.0 Å². The van der Waals surface area contributed by atoms with E-state index in [2.05, 4.69) is 26.5 Å². The average molecular weight is 424 g/mol. The van der Waals surface area contributed by atoms with Crippen molar-refractivity contribution in [3.05, 3.63) is 39.3 Å². The number of hydrogen-bond donors (Lipinski definition) is 1. The Labute approximate surface area is 176 Å². The molecule has 1 N–H and O–H groups in total. The molecule has 4 rings (SSSR count). The van der Waals surface area contributed by atoms with Crippen LogP contribution in [0.2, 0.25) is 0 Å². The summed E-state index contributed by atoms with van der Waals surface area (Å²) >= 11 is 1.43. The molecule has 0 bridgehead atoms. The number of nitrogens with one attached hydrogen (secondary N) is 1. The van der Waals surface area contributed by atoms with Gasteiger partial charge < -0.3 is 10.1 Å². The third-order valence-electron chi connectivity index (χ3n) is 4.92. The first kappa shape index (κ1) is 20.0. The molecule has 3 aromatic rings. The maximum Gasteiger partial charge on any atom is 0.378 e. The second-order valence-electron chi connectivity index (χ2n) is 7.19. The number of aromatic nitrogens is 4. The summed E-state index contributed by atoms with van der Waals surface area (Å²) in [6.45, 7) is 3.16. The Kier molecular flexibility index (Phi) is 5.46. The highest BCUT2D eigenvalue weighted by Crippen LogP contribution is 2.36. The molecule has 0 radical (unpaired) electrons. The number of rotatable bonds is 4. The Morgan fingerprint density at radius 2 is 2.07 bits per heavy atom. The van der Waals surface area contributed by atoms with E-state index < -0.39 is 18.5 Å². The van der Waals surface area contributed by atoms with Crippen molar-refractivity contribution in [1.29, 1.82) is 5.26 Å². The number of aryl methyl sites for hydroxylation is 3. The molecule has 3 heterocycles. The monoisotopic (exact) mass is 424 g/mol. The van der Waals surface area contributed by atoms with Gasteiger partial charge in [-0.1, -0.05) is 6.42 Å². The van der Waals surface area contributed by atoms with Crippen LogP contribution in [0.4, 0.5) is 5.00 Å². The molecule has 1 amide bonds. The fourth-order valence-electron chi connectivity index (χ4n) is 3.56. The number of amides is 1. The molecule has 9 nitrogen and oxygen atoms in total. The van der Waals surface area contributed by atoms with Crippen molar-refractivity contribution in [3.8, 4) is 6.07 Å². The highest BCUT2D eigenvalue weighted by Gasteiger charge is 2.22. The quantitative estimate of drug-likeness (QED) is 0.505. The second-order valence-corrected chi connectivity index (χ2v) is 8.30. The normalized spacial score (nSPS) is 13.4. The number of thiophene rings is 1. The molecule has 10 heteroatoms. The van der Waals surface area contributed by atoms with Crippen LogP contribution >= 0.6 is 11.3 Å². The number of carbonyl (C=O) groups excluding carboxylic acids is 2. The summed E-state index contributed by atoms with van der Waals surface area (Å²) < 4.78 is 6.51. The molecule has 0 spiro atoms. The van der Waals surface area contributed by atoms with E-state index >= 15 is 0 Å². The maximum atomic E-state index is 12.3. The van der Waals surface area contributed by atoms with Crippen LogP contribution in [0.5, 0.6) is 0 Å². The van der Waals surface area contributed by atoms with E-state index in [1.165, 1.54) is 15.9 Å². The van der Waals surface area contributed by atoms with E-state index in [0.29, 0.717) is 16.3 Å². The predicted octanol–water partition coefficient (Wildman–Crippen LogP) is 2.74. The molecule has 0 aromatic carbocycles. The molecular weight excluding hydrogens is 404 g/mol. The van der Waals surface area contributed by atoms with Crippen LogP contribution in [-0.2, 0) is 22.4 Å². The molecule has 0 fully saturated rings. The molecule has 0 saturated carbocycles. The Balaban J connectivity index is 1.42. The van der Waals surface area contributed by atoms with Crippen LogP contribution in [0, 0.1) is 25.2 Å². The summed E-state index contributed by atoms with van der Waals surface area (Å²) in [5.74, 6) is -1.19. The minimum atomic E-state index is -0.810. The van der Waals surface area contributed by atoms with Gasteiger partial charge in [-0.05, 0) is 51.2 Å². The summed E-state index contributed by atoms with van der Waals surface area (Å²) in [4.78, 5) is 34.0. The third-order valence-corrected chi connectivity index (χ3v) is 6.13. The Bertz CT molecular complexity index is 1190. The van der Waals surface area contributed by atoms with Gasteiger partial charge in [0.15, 0.2) is 6.61 Å². The molecule has 154 valence electrons. The highest BCUT2D eigenvalue weighted by atomic mass is 32.1. The summed E-state index contributed by atoms with van der Waals surface area (Å²) in [7, 11) is 0. The highest BCUT2D eigenvalue weighted by molar-refractivity contribution is 7.16. The van der Waals surface area contributed by atoms with Gasteiger partial charge in [-0.25, -0.2) is 14.3 Å². The van der Waals surface area contributed by atoms with E-state index in [1.54, 1.807) is 0 Å². The van der Waals surface area contributed by atoms with E-state index in [1.807, 2.05) is 19.9 Å². The standard InChI is InChI=1S/C20H20N6O3S/c1-11-8-12(2)26-20(22-11)24-17(25-26)19(28)29-10-16(27)23-18-14(9-21)13-6-4-3-5-7-15(13)30-18/h8H,3-7,10H2,1-2H3,(H,23,27). The van der Waals surface area contributed by atoms with Gasteiger partial charge in [-0.3, -0.25) is 4.79 Å². The lowest BCUT2D eigenvalue weighted by molar-refractivity contribution is -0.119. The van der Waals surface area contributed by atoms with E-state index in [9.17, 15) is 14.9 Å². The predicted molar refractivity (Wildman–Crippen MR) is 109 cm³/mol. The first-order valence-corrected chi connectivity index (χ1v) is 10.5. The molecule has 3 aromatic heterocycles. The van der Waals surface area contributed by atoms with Crippen LogP contribution in [0.3, 0.4) is 0 Å². The van der Waals surface area contributed by atoms with Gasteiger partial charge in [0.2, 0.25) is 0 Å². The summed E-state index contributed by atoms with van der Waals surface area (Å²) in [6, 6.07) is 4.03. The van der Waals surface area contributed by atoms with Crippen molar-refractivity contribution in [3.63, 3.8) is 0 Å². The zero-order chi connectivity index (χ0) is 21.3. The minimum Gasteiger partial charge on any atom is -0.450 e. The van der Waals surface area contributed by atoms with Gasteiger partial charge in [-0.2, -0.15) is 10.2 Å². The van der Waals surface area contributed by atoms with Gasteiger partial charge >= 0.3 is 5.97 Å². The number of nitrogens with zero attached hydrogens (tertiary/aromatic N) is 5. The number of anilines is 1. The van der Waals surface area contributed by atoms with Crippen molar-refractivity contribution in [2.24, 2.45) is 0 Å². The molecular formula is C20H20N6O3S. The molecule has 0 saturated heterocycles. The molecule has 30 heavy (non-hydrogen) atoms. The zero-order valence-electron chi connectivity index (χ0n) is 16.7. The van der Waals surface area contributed by atoms with Crippen molar-refractivity contribution in [1.82, 2.24) is 19.6 Å². The van der Waals surface area contributed by atoms with E-state index in [0.717, 1.165) is 53.9 Å². The van der Waals surface area contributed by atoms with Crippen molar-refractivity contribution in [2.45, 2.75) is 46.0 Å². The summed E-state index contributed by atoms with van der Waals surface area (Å²) in [5, 5.41) is 16.9. The molecule has 0 atom stereocenters. The van der Waals surface area contributed by atoms with Gasteiger partial charge in [0.25, 0.3) is 17.5 Å². The largest absolute Gasteiger partial charge is 0.450 e. The van der Waals surface area contributed by atoms with Crippen LogP contribution in [-0.4, -0.2) is 38.1 Å². The van der Waals surface area contributed by atoms with Gasteiger partial charge in [0, 0.05) is 16.3 Å². The Hall–Kier alpha value is -3.32. The fraction of sp³-hybridized carbons (Fsp3) is 0.400. The van der Waals surface area contributed by atoms with E-state index in [-0.39, 0.29) is 5.82 Å². The number of fused-ring (bicyclic) bond motifs is 2. The number of esters is 1. The van der Waals surface area contributed by atoms with Gasteiger partial charge in [0.1, 0.15) is 11.1 Å². The Morgan fingerprint density at radius 1 is 1.27 bits per heavy atom. The first-order chi connectivity index (χ1) is 14.5. The minimum absolute atomic E-state index is 0.162. The third kappa shape index (κ3) is 3.89. The zero-order valence-corrected chi connectivity index (χ0v) is 17.5. The van der Waals surface area contributed by atoms with Gasteiger partial charge in [0.05, 0.1) is 5.56 Å². The number of ether oxygens (including phenoxy) is 1. The molecule has 1 aliphatic carbocycles. The first-order valence-electron chi connectivity index (χ1n) is 9.69. The van der Waals surface area contributed by atoms with Crippen LogP contribution in [0.15, 0.2) is 6.07 Å². The lowest BCUT2D eigenvalue weighted by Crippen LogP contribution is -2.21. The summed E-state index contributed by atoms with van der Waals surface area (Å²) in [5.41, 5.74) is 3.10. The topological polar surface area (TPSA) is 122 Å². The Morgan fingerprint density at radius 3 is 2.87 bits per heavy atom. The van der Waals surface area contributed by atoms with Gasteiger partial charge in [-0.15, -0.1) is 16.4 Å². The molecule has 1 aliphatic rings. The smallest absolute Gasteiger partial charge is 0.378 e. The van der Waals surface area contributed by atoms with Crippen molar-refractivity contribution < 1.29 is 14.3 Å². The van der Waals surface area contributed by atoms with Crippen LogP contribution < -0.4 is 5.32 Å². The van der Waals surface area contributed by atoms with E-state index in [4.69, 9.17) is 4.74 Å². The van der Waals surface area contributed by atoms with Crippen molar-refractivity contribution in [2.75, 3.05) is 11.9 Å². The number of nitriles is 1. The maximum absolute atomic E-state index is 12.3. The lowest BCUT2D eigenvalue weighted by Gasteiger charge is -2.04. The second kappa shape index (κ2) is 8.20. The lowest BCUT2D eigenvalue weighted by atomic mass is 10.1. The molecule has 0 aliphatic heterocycles. The van der Waals surface area contributed by atoms with Crippen LogP contribution in [0.25, 0.3) is 5.78 Å². The fourth-order valence-corrected chi connectivity index (χ4v) is 4.82. The number of carbonyl (C=O) groups is 2. The van der Waals surface area contributed by atoms with Crippen LogP contribution in [0.1, 0.15) is 57.3 Å². The molecule has 0 unspecified atom stereocenters. The number of hydrogen-bond acceptors (Lipinski definition) is 8. The average Bonchev–Trinajstić information content (AvgIpc) is 3.19.